The number of Topliss-reactive ketones (excluding diaryl/α,β-unsaturated/α-hetero) is 1. The van der Waals surface area contributed by atoms with Gasteiger partial charge in [-0.05, 0) is 29.8 Å². The summed E-state index contributed by atoms with van der Waals surface area (Å²) in [5.74, 6) is 1.01. The molecule has 3 aromatic rings. The Kier molecular flexibility index (Phi) is 5.41. The van der Waals surface area contributed by atoms with E-state index in [1.54, 1.807) is 24.3 Å². The zero-order valence-electron chi connectivity index (χ0n) is 14.0. The topological polar surface area (TPSA) is 38.2 Å². The van der Waals surface area contributed by atoms with E-state index in [0.717, 1.165) is 17.8 Å². The lowest BCUT2D eigenvalue weighted by Gasteiger charge is -2.01. The molecule has 0 spiro atoms. The summed E-state index contributed by atoms with van der Waals surface area (Å²) in [5.41, 5.74) is 1.68. The maximum atomic E-state index is 12.5. The number of nitrogens with zero attached hydrogens (tertiary/aromatic N) is 3. The molecule has 0 N–H and O–H groups in total. The van der Waals surface area contributed by atoms with Gasteiger partial charge < -0.3 is 0 Å². The van der Waals surface area contributed by atoms with Crippen molar-refractivity contribution >= 4 is 23.6 Å². The molecule has 0 saturated heterocycles. The van der Waals surface area contributed by atoms with Crippen LogP contribution in [0.3, 0.4) is 0 Å². The summed E-state index contributed by atoms with van der Waals surface area (Å²) in [6.45, 7) is 2.33. The van der Waals surface area contributed by atoms with Gasteiger partial charge in [0.25, 0.3) is 5.82 Å². The fourth-order valence-corrected chi connectivity index (χ4v) is 2.74. The molecule has 25 heavy (non-hydrogen) atoms. The highest BCUT2D eigenvalue weighted by atomic mass is 35.5. The number of rotatable bonds is 6. The molecular formula is C20H19ClN3O+. The average Bonchev–Trinajstić information content (AvgIpc) is 3.03. The fraction of sp³-hybridized carbons (Fsp3) is 0.150. The lowest BCUT2D eigenvalue weighted by atomic mass is 10.1. The number of carbonyl (C=O) groups excluding carboxylic acids is 1. The van der Waals surface area contributed by atoms with E-state index in [4.69, 9.17) is 11.6 Å². The Morgan fingerprint density at radius 3 is 2.56 bits per heavy atom. The Labute approximate surface area is 152 Å². The van der Waals surface area contributed by atoms with E-state index < -0.39 is 0 Å². The van der Waals surface area contributed by atoms with Crippen LogP contribution in [0.2, 0.25) is 5.02 Å². The third-order valence-electron chi connectivity index (χ3n) is 3.91. The number of imidazole rings is 1. The molecule has 5 heteroatoms. The second kappa shape index (κ2) is 7.90. The zero-order chi connectivity index (χ0) is 17.6. The second-order valence-electron chi connectivity index (χ2n) is 5.63. The van der Waals surface area contributed by atoms with Gasteiger partial charge in [0.05, 0.1) is 6.21 Å². The Morgan fingerprint density at radius 1 is 1.16 bits per heavy atom. The molecule has 4 nitrogen and oxygen atoms in total. The van der Waals surface area contributed by atoms with Crippen LogP contribution in [-0.2, 0) is 13.0 Å². The minimum atomic E-state index is 0.0427. The number of hydrogen-bond acceptors (Lipinski definition) is 2. The number of hydrogen-bond donors (Lipinski definition) is 0. The van der Waals surface area contributed by atoms with Crippen LogP contribution in [0.1, 0.15) is 28.7 Å². The highest BCUT2D eigenvalue weighted by Gasteiger charge is 2.18. The molecule has 1 heterocycles. The van der Waals surface area contributed by atoms with E-state index in [9.17, 15) is 4.79 Å². The summed E-state index contributed by atoms with van der Waals surface area (Å²) in [5, 5.41) is 5.13. The molecule has 3 rings (SSSR count). The van der Waals surface area contributed by atoms with E-state index in [1.165, 1.54) is 0 Å². The van der Waals surface area contributed by atoms with Crippen LogP contribution in [0, 0.1) is 0 Å². The first kappa shape index (κ1) is 17.1. The number of carbonyl (C=O) groups is 1. The molecule has 0 aliphatic heterocycles. The van der Waals surface area contributed by atoms with Gasteiger partial charge >= 0.3 is 0 Å². The Bertz CT molecular complexity index is 883. The molecule has 0 unspecified atom stereocenters. The minimum absolute atomic E-state index is 0.0427. The normalized spacial score (nSPS) is 11.1. The van der Waals surface area contributed by atoms with E-state index >= 15 is 0 Å². The summed E-state index contributed by atoms with van der Waals surface area (Å²) < 4.78 is 3.74. The van der Waals surface area contributed by atoms with Crippen molar-refractivity contribution in [2.24, 2.45) is 5.10 Å². The predicted molar refractivity (Wildman–Crippen MR) is 99.2 cm³/mol. The molecule has 0 radical (unpaired) electrons. The van der Waals surface area contributed by atoms with Crippen LogP contribution in [0.25, 0.3) is 0 Å². The summed E-state index contributed by atoms with van der Waals surface area (Å²) in [6, 6.07) is 16.9. The molecule has 0 fully saturated rings. The SMILES string of the molecule is CCc1n(N=Cc2ccccc2)cc[n+]1CC(=O)c1ccc(Cl)cc1. The third kappa shape index (κ3) is 4.22. The fourth-order valence-electron chi connectivity index (χ4n) is 2.61. The molecule has 126 valence electrons. The van der Waals surface area contributed by atoms with Crippen LogP contribution >= 0.6 is 11.6 Å². The van der Waals surface area contributed by atoms with E-state index in [1.807, 2.05) is 65.1 Å². The summed E-state index contributed by atoms with van der Waals surface area (Å²) in [6.07, 6.45) is 6.33. The summed E-state index contributed by atoms with van der Waals surface area (Å²) in [4.78, 5) is 12.5. The maximum absolute atomic E-state index is 12.5. The maximum Gasteiger partial charge on any atom is 0.282 e. The smallest absolute Gasteiger partial charge is 0.282 e. The van der Waals surface area contributed by atoms with Gasteiger partial charge in [-0.3, -0.25) is 4.79 Å². The van der Waals surface area contributed by atoms with Crippen LogP contribution in [0.5, 0.6) is 0 Å². The van der Waals surface area contributed by atoms with Crippen molar-refractivity contribution in [1.82, 2.24) is 4.68 Å². The lowest BCUT2D eigenvalue weighted by Crippen LogP contribution is -2.40. The van der Waals surface area contributed by atoms with Crippen molar-refractivity contribution < 1.29 is 9.36 Å². The first-order valence-electron chi connectivity index (χ1n) is 8.15. The van der Waals surface area contributed by atoms with Crippen molar-refractivity contribution in [1.29, 1.82) is 0 Å². The van der Waals surface area contributed by atoms with Crippen LogP contribution in [0.4, 0.5) is 0 Å². The highest BCUT2D eigenvalue weighted by Crippen LogP contribution is 2.10. The van der Waals surface area contributed by atoms with E-state index in [-0.39, 0.29) is 12.3 Å². The van der Waals surface area contributed by atoms with Gasteiger partial charge in [0.15, 0.2) is 12.7 Å². The minimum Gasteiger partial charge on any atom is -0.290 e. The average molecular weight is 353 g/mol. The molecular weight excluding hydrogens is 334 g/mol. The van der Waals surface area contributed by atoms with Crippen molar-refractivity contribution in [2.75, 3.05) is 0 Å². The van der Waals surface area contributed by atoms with Crippen LogP contribution < -0.4 is 4.57 Å². The predicted octanol–water partition coefficient (Wildman–Crippen LogP) is 3.76. The first-order valence-corrected chi connectivity index (χ1v) is 8.53. The lowest BCUT2D eigenvalue weighted by molar-refractivity contribution is -0.690. The van der Waals surface area contributed by atoms with Gasteiger partial charge in [0.1, 0.15) is 6.20 Å². The Balaban J connectivity index is 1.79. The Morgan fingerprint density at radius 2 is 1.88 bits per heavy atom. The van der Waals surface area contributed by atoms with Gasteiger partial charge in [0.2, 0.25) is 5.78 Å². The quantitative estimate of drug-likeness (QED) is 0.378. The van der Waals surface area contributed by atoms with Crippen molar-refractivity contribution in [3.8, 4) is 0 Å². The van der Waals surface area contributed by atoms with Gasteiger partial charge in [0, 0.05) is 17.0 Å². The standard InChI is InChI=1S/C20H19ClN3O/c1-2-20-23(15-19(25)17-8-10-18(21)11-9-17)12-13-24(20)22-14-16-6-4-3-5-7-16/h3-14H,2,15H2,1H3/q+1. The summed E-state index contributed by atoms with van der Waals surface area (Å²) >= 11 is 5.88. The van der Waals surface area contributed by atoms with E-state index in [0.29, 0.717) is 10.6 Å². The first-order chi connectivity index (χ1) is 12.2. The van der Waals surface area contributed by atoms with Gasteiger partial charge in [-0.1, -0.05) is 54.0 Å². The van der Waals surface area contributed by atoms with Crippen molar-refractivity contribution in [3.63, 3.8) is 0 Å². The van der Waals surface area contributed by atoms with Crippen LogP contribution in [0.15, 0.2) is 72.1 Å². The second-order valence-corrected chi connectivity index (χ2v) is 6.06. The molecule has 0 aliphatic rings. The zero-order valence-corrected chi connectivity index (χ0v) is 14.7. The van der Waals surface area contributed by atoms with Gasteiger partial charge in [-0.25, -0.2) is 4.57 Å². The third-order valence-corrected chi connectivity index (χ3v) is 4.16. The van der Waals surface area contributed by atoms with Crippen molar-refractivity contribution in [3.05, 3.63) is 89.0 Å². The highest BCUT2D eigenvalue weighted by molar-refractivity contribution is 6.30. The molecule has 0 bridgehead atoms. The number of aromatic nitrogens is 2. The van der Waals surface area contributed by atoms with Crippen LogP contribution in [-0.4, -0.2) is 16.7 Å². The number of halogens is 1. The Hall–Kier alpha value is -2.72. The van der Waals surface area contributed by atoms with Gasteiger partial charge in [-0.2, -0.15) is 0 Å². The largest absolute Gasteiger partial charge is 0.290 e. The molecule has 1 aromatic heterocycles. The van der Waals surface area contributed by atoms with E-state index in [2.05, 4.69) is 5.10 Å². The summed E-state index contributed by atoms with van der Waals surface area (Å²) in [7, 11) is 0. The molecule has 2 aromatic carbocycles. The molecule has 0 saturated carbocycles. The van der Waals surface area contributed by atoms with Crippen molar-refractivity contribution in [2.45, 2.75) is 19.9 Å². The number of ketones is 1. The molecule has 0 atom stereocenters. The molecule has 0 amide bonds. The molecule has 0 aliphatic carbocycles. The monoisotopic (exact) mass is 352 g/mol. The van der Waals surface area contributed by atoms with Gasteiger partial charge in [-0.15, -0.1) is 4.68 Å². The number of benzene rings is 2.